The number of aromatic amines is 1. The van der Waals surface area contributed by atoms with Crippen LogP contribution in [0.2, 0.25) is 5.02 Å². The van der Waals surface area contributed by atoms with Crippen LogP contribution in [0.3, 0.4) is 0 Å². The Kier molecular flexibility index (Phi) is 4.37. The highest BCUT2D eigenvalue weighted by atomic mass is 35.5. The zero-order valence-electron chi connectivity index (χ0n) is 12.8. The van der Waals surface area contributed by atoms with Crippen LogP contribution in [0.1, 0.15) is 15.9 Å². The van der Waals surface area contributed by atoms with Crippen molar-refractivity contribution in [3.63, 3.8) is 0 Å². The predicted octanol–water partition coefficient (Wildman–Crippen LogP) is 4.62. The maximum Gasteiger partial charge on any atom is 0.205 e. The van der Waals surface area contributed by atoms with Gasteiger partial charge < -0.3 is 9.72 Å². The Balaban J connectivity index is 1.98. The lowest BCUT2D eigenvalue weighted by atomic mass is 10.0. The van der Waals surface area contributed by atoms with Gasteiger partial charge in [-0.05, 0) is 35.9 Å². The maximum absolute atomic E-state index is 12.7. The molecule has 3 rings (SSSR count). The predicted molar refractivity (Wildman–Crippen MR) is 94.2 cm³/mol. The molecule has 1 heterocycles. The molecule has 4 nitrogen and oxygen atoms in total. The minimum Gasteiger partial charge on any atom is -0.497 e. The molecule has 0 fully saturated rings. The van der Waals surface area contributed by atoms with Crippen molar-refractivity contribution >= 4 is 34.4 Å². The molecule has 0 aliphatic heterocycles. The molecule has 5 heteroatoms. The molecule has 0 unspecified atom stereocenters. The number of allylic oxidation sites excluding steroid dienone is 1. The molecule has 0 saturated heterocycles. The number of ether oxygens (including phenoxy) is 1. The summed E-state index contributed by atoms with van der Waals surface area (Å²) in [6, 6.07) is 14.3. The molecule has 118 valence electrons. The second-order valence-corrected chi connectivity index (χ2v) is 5.60. The summed E-state index contributed by atoms with van der Waals surface area (Å²) in [5.74, 6) is 0.382. The Morgan fingerprint density at radius 2 is 2.00 bits per heavy atom. The third-order valence-corrected chi connectivity index (χ3v) is 3.92. The van der Waals surface area contributed by atoms with E-state index in [2.05, 4.69) is 4.98 Å². The number of aromatic nitrogens is 1. The van der Waals surface area contributed by atoms with Crippen LogP contribution in [0.25, 0.3) is 17.0 Å². The van der Waals surface area contributed by atoms with E-state index in [1.165, 1.54) is 0 Å². The summed E-state index contributed by atoms with van der Waals surface area (Å²) >= 11 is 5.95. The first-order valence-electron chi connectivity index (χ1n) is 7.19. The lowest BCUT2D eigenvalue weighted by molar-refractivity contribution is 0.104. The van der Waals surface area contributed by atoms with E-state index in [-0.39, 0.29) is 11.4 Å². The smallest absolute Gasteiger partial charge is 0.205 e. The number of carbonyl (C=O) groups is 1. The summed E-state index contributed by atoms with van der Waals surface area (Å²) < 4.78 is 5.10. The van der Waals surface area contributed by atoms with E-state index >= 15 is 0 Å². The van der Waals surface area contributed by atoms with Crippen molar-refractivity contribution in [1.82, 2.24) is 4.98 Å². The minimum atomic E-state index is -0.332. The number of halogens is 1. The van der Waals surface area contributed by atoms with Crippen LogP contribution in [-0.4, -0.2) is 17.9 Å². The Hall–Kier alpha value is -3.03. The van der Waals surface area contributed by atoms with Crippen molar-refractivity contribution < 1.29 is 9.53 Å². The highest BCUT2D eigenvalue weighted by molar-refractivity contribution is 6.31. The quantitative estimate of drug-likeness (QED) is 0.429. The first kappa shape index (κ1) is 15.9. The molecule has 0 saturated carbocycles. The van der Waals surface area contributed by atoms with Gasteiger partial charge in [0.25, 0.3) is 0 Å². The number of nitrogens with one attached hydrogen (secondary N) is 1. The Morgan fingerprint density at radius 3 is 2.67 bits per heavy atom. The van der Waals surface area contributed by atoms with Gasteiger partial charge in [0.2, 0.25) is 5.78 Å². The van der Waals surface area contributed by atoms with Gasteiger partial charge in [-0.2, -0.15) is 5.26 Å². The second kappa shape index (κ2) is 6.61. The second-order valence-electron chi connectivity index (χ2n) is 5.16. The topological polar surface area (TPSA) is 65.9 Å². The number of Topliss-reactive ketones (excluding diaryl/α,β-unsaturated/α-hetero) is 1. The van der Waals surface area contributed by atoms with Crippen LogP contribution < -0.4 is 4.74 Å². The Morgan fingerprint density at radius 1 is 1.25 bits per heavy atom. The van der Waals surface area contributed by atoms with Crippen LogP contribution in [0.15, 0.2) is 54.2 Å². The largest absolute Gasteiger partial charge is 0.497 e. The molecule has 3 aromatic rings. The number of benzene rings is 2. The highest BCUT2D eigenvalue weighted by Gasteiger charge is 2.16. The fourth-order valence-corrected chi connectivity index (χ4v) is 2.62. The van der Waals surface area contributed by atoms with Crippen LogP contribution in [0.4, 0.5) is 0 Å². The average molecular weight is 337 g/mol. The standard InChI is InChI=1S/C19H13ClN2O2/c1-24-15-5-2-12(3-6-15)8-13(10-21)19(23)17-11-22-18-9-14(20)4-7-16(17)18/h2-9,11,22H,1H3/b13-8-. The number of H-pyrrole nitrogens is 1. The van der Waals surface area contributed by atoms with Crippen LogP contribution in [0.5, 0.6) is 5.75 Å². The fraction of sp³-hybridized carbons (Fsp3) is 0.0526. The fourth-order valence-electron chi connectivity index (χ4n) is 2.45. The van der Waals surface area contributed by atoms with Gasteiger partial charge in [-0.1, -0.05) is 29.8 Å². The molecule has 0 bridgehead atoms. The number of hydrogen-bond donors (Lipinski definition) is 1. The van der Waals surface area contributed by atoms with E-state index in [0.29, 0.717) is 16.3 Å². The van der Waals surface area contributed by atoms with E-state index in [4.69, 9.17) is 16.3 Å². The number of ketones is 1. The Labute approximate surface area is 143 Å². The number of methoxy groups -OCH3 is 1. The zero-order valence-corrected chi connectivity index (χ0v) is 13.6. The first-order valence-corrected chi connectivity index (χ1v) is 7.57. The lowest BCUT2D eigenvalue weighted by Crippen LogP contribution is -2.01. The first-order chi connectivity index (χ1) is 11.6. The molecular weight excluding hydrogens is 324 g/mol. The van der Waals surface area contributed by atoms with E-state index in [1.54, 1.807) is 61.8 Å². The van der Waals surface area contributed by atoms with Crippen molar-refractivity contribution in [3.8, 4) is 11.8 Å². The van der Waals surface area contributed by atoms with Gasteiger partial charge in [0.05, 0.1) is 7.11 Å². The normalized spacial score (nSPS) is 11.3. The third-order valence-electron chi connectivity index (χ3n) is 3.68. The molecule has 0 amide bonds. The maximum atomic E-state index is 12.7. The van der Waals surface area contributed by atoms with E-state index < -0.39 is 0 Å². The summed E-state index contributed by atoms with van der Waals surface area (Å²) in [6.45, 7) is 0. The molecule has 0 aliphatic rings. The van der Waals surface area contributed by atoms with E-state index in [9.17, 15) is 10.1 Å². The number of carbonyl (C=O) groups excluding carboxylic acids is 1. The summed E-state index contributed by atoms with van der Waals surface area (Å²) in [7, 11) is 1.58. The van der Waals surface area contributed by atoms with E-state index in [1.807, 2.05) is 6.07 Å². The van der Waals surface area contributed by atoms with Gasteiger partial charge in [-0.25, -0.2) is 0 Å². The Bertz CT molecular complexity index is 979. The van der Waals surface area contributed by atoms with Gasteiger partial charge in [0.15, 0.2) is 0 Å². The molecule has 0 atom stereocenters. The number of nitriles is 1. The molecule has 24 heavy (non-hydrogen) atoms. The highest BCUT2D eigenvalue weighted by Crippen LogP contribution is 2.24. The van der Waals surface area contributed by atoms with Crippen molar-refractivity contribution in [3.05, 3.63) is 70.4 Å². The summed E-state index contributed by atoms with van der Waals surface area (Å²) in [5.41, 5.74) is 2.02. The summed E-state index contributed by atoms with van der Waals surface area (Å²) in [5, 5.41) is 10.7. The van der Waals surface area contributed by atoms with Gasteiger partial charge in [0.1, 0.15) is 17.4 Å². The number of nitrogens with zero attached hydrogens (tertiary/aromatic N) is 1. The van der Waals surface area contributed by atoms with Crippen LogP contribution in [0, 0.1) is 11.3 Å². The third kappa shape index (κ3) is 3.03. The molecule has 0 spiro atoms. The average Bonchev–Trinajstić information content (AvgIpc) is 3.02. The monoisotopic (exact) mass is 336 g/mol. The summed E-state index contributed by atoms with van der Waals surface area (Å²) in [4.78, 5) is 15.7. The number of hydrogen-bond acceptors (Lipinski definition) is 3. The molecule has 2 aromatic carbocycles. The van der Waals surface area contributed by atoms with Crippen molar-refractivity contribution in [2.24, 2.45) is 0 Å². The molecule has 0 radical (unpaired) electrons. The number of fused-ring (bicyclic) bond motifs is 1. The summed E-state index contributed by atoms with van der Waals surface area (Å²) in [6.07, 6.45) is 3.17. The van der Waals surface area contributed by atoms with Crippen molar-refractivity contribution in [1.29, 1.82) is 5.26 Å². The van der Waals surface area contributed by atoms with Crippen LogP contribution in [-0.2, 0) is 0 Å². The molecule has 1 N–H and O–H groups in total. The van der Waals surface area contributed by atoms with Gasteiger partial charge in [-0.3, -0.25) is 4.79 Å². The van der Waals surface area contributed by atoms with E-state index in [0.717, 1.165) is 16.5 Å². The molecule has 1 aromatic heterocycles. The zero-order chi connectivity index (χ0) is 17.1. The lowest BCUT2D eigenvalue weighted by Gasteiger charge is -2.01. The van der Waals surface area contributed by atoms with Crippen LogP contribution >= 0.6 is 11.6 Å². The van der Waals surface area contributed by atoms with Crippen molar-refractivity contribution in [2.45, 2.75) is 0 Å². The number of rotatable bonds is 4. The van der Waals surface area contributed by atoms with Gasteiger partial charge in [-0.15, -0.1) is 0 Å². The van der Waals surface area contributed by atoms with Gasteiger partial charge in [0, 0.05) is 27.7 Å². The minimum absolute atomic E-state index is 0.0658. The van der Waals surface area contributed by atoms with Gasteiger partial charge >= 0.3 is 0 Å². The van der Waals surface area contributed by atoms with Crippen molar-refractivity contribution in [2.75, 3.05) is 7.11 Å². The molecule has 0 aliphatic carbocycles. The molecular formula is C19H13ClN2O2. The SMILES string of the molecule is COc1ccc(/C=C(/C#N)C(=O)c2c[nH]c3cc(Cl)ccc23)cc1.